The van der Waals surface area contributed by atoms with E-state index >= 15 is 0 Å². The molecule has 232 valence electrons. The van der Waals surface area contributed by atoms with E-state index in [1.807, 2.05) is 42.1 Å². The quantitative estimate of drug-likeness (QED) is 0.212. The number of ether oxygens (including phenoxy) is 2. The second-order valence-corrected chi connectivity index (χ2v) is 13.2. The lowest BCUT2D eigenvalue weighted by atomic mass is 9.85. The molecule has 0 unspecified atom stereocenters. The monoisotopic (exact) mass is 616 g/mol. The number of aliphatic hydroxyl groups is 1. The summed E-state index contributed by atoms with van der Waals surface area (Å²) < 4.78 is 40.6. The number of amides is 1. The molecule has 8 nitrogen and oxygen atoms in total. The van der Waals surface area contributed by atoms with E-state index in [1.165, 1.54) is 23.3 Å². The van der Waals surface area contributed by atoms with Crippen molar-refractivity contribution in [3.05, 3.63) is 113 Å². The summed E-state index contributed by atoms with van der Waals surface area (Å²) in [5, 5.41) is 11.9. The van der Waals surface area contributed by atoms with Crippen LogP contribution in [0.4, 0.5) is 0 Å². The Morgan fingerprint density at radius 3 is 2.18 bits per heavy atom. The number of aromatic nitrogens is 1. The number of hydrogen-bond acceptors (Lipinski definition) is 6. The van der Waals surface area contributed by atoms with Crippen molar-refractivity contribution in [1.29, 1.82) is 0 Å². The first kappa shape index (κ1) is 31.3. The lowest BCUT2D eigenvalue weighted by molar-refractivity contribution is -0.118. The van der Waals surface area contributed by atoms with Crippen molar-refractivity contribution in [2.24, 2.45) is 11.8 Å². The lowest BCUT2D eigenvalue weighted by Gasteiger charge is -2.27. The number of rotatable bonds is 13. The summed E-state index contributed by atoms with van der Waals surface area (Å²) >= 11 is 0. The maximum Gasteiger partial charge on any atom is 0.264 e. The van der Waals surface area contributed by atoms with Crippen LogP contribution in [0.1, 0.15) is 47.3 Å². The molecule has 1 heterocycles. The Morgan fingerprint density at radius 1 is 0.977 bits per heavy atom. The zero-order valence-corrected chi connectivity index (χ0v) is 26.2. The maximum atomic E-state index is 12.7. The molecule has 0 saturated heterocycles. The van der Waals surface area contributed by atoms with Gasteiger partial charge in [0.05, 0.1) is 31.6 Å². The third kappa shape index (κ3) is 7.17. The van der Waals surface area contributed by atoms with Crippen LogP contribution in [-0.2, 0) is 47.0 Å². The van der Waals surface area contributed by atoms with Crippen molar-refractivity contribution in [1.82, 2.24) is 9.29 Å². The van der Waals surface area contributed by atoms with Gasteiger partial charge in [-0.2, -0.15) is 0 Å². The number of methoxy groups -OCH3 is 2. The summed E-state index contributed by atoms with van der Waals surface area (Å²) in [4.78, 5) is 12.7. The van der Waals surface area contributed by atoms with Crippen LogP contribution in [0.2, 0.25) is 0 Å². The fraction of sp³-hybridized carbons (Fsp3) is 0.343. The molecule has 0 radical (unpaired) electrons. The van der Waals surface area contributed by atoms with Crippen LogP contribution in [0.5, 0.6) is 11.5 Å². The van der Waals surface area contributed by atoms with Crippen molar-refractivity contribution in [2.75, 3.05) is 14.2 Å². The lowest BCUT2D eigenvalue weighted by Crippen LogP contribution is -2.31. The summed E-state index contributed by atoms with van der Waals surface area (Å²) in [6, 6.07) is 22.0. The third-order valence-electron chi connectivity index (χ3n) is 8.47. The topological polar surface area (TPSA) is 107 Å². The molecule has 2 N–H and O–H groups in total. The predicted molar refractivity (Wildman–Crippen MR) is 169 cm³/mol. The number of hydrogen-bond donors (Lipinski definition) is 2. The Kier molecular flexibility index (Phi) is 9.76. The largest absolute Gasteiger partial charge is 0.496 e. The fourth-order valence-corrected chi connectivity index (χ4v) is 7.36. The molecule has 1 aliphatic carbocycles. The molecule has 5 rings (SSSR count). The SMILES string of the molecule is CCc1c(OC)cc([C@@H](O)[C@H](CC2Cc3ccccc3C2)Cn2ccc(CC(=O)NS(=O)(=O)c3ccccc3)c2)cc1OC. The number of nitrogens with zero attached hydrogens (tertiary/aromatic N) is 1. The van der Waals surface area contributed by atoms with Gasteiger partial charge in [-0.25, -0.2) is 13.1 Å². The van der Waals surface area contributed by atoms with E-state index in [0.29, 0.717) is 29.5 Å². The second-order valence-electron chi connectivity index (χ2n) is 11.5. The van der Waals surface area contributed by atoms with Crippen LogP contribution < -0.4 is 14.2 Å². The number of sulfonamides is 1. The Balaban J connectivity index is 1.35. The van der Waals surface area contributed by atoms with Crippen LogP contribution >= 0.6 is 0 Å². The predicted octanol–water partition coefficient (Wildman–Crippen LogP) is 5.27. The maximum absolute atomic E-state index is 12.7. The molecule has 1 amide bonds. The Morgan fingerprint density at radius 2 is 1.59 bits per heavy atom. The number of nitrogens with one attached hydrogen (secondary N) is 1. The average molecular weight is 617 g/mol. The molecular formula is C35H40N2O6S. The van der Waals surface area contributed by atoms with Crippen molar-refractivity contribution in [3.8, 4) is 11.5 Å². The minimum absolute atomic E-state index is 0.0389. The van der Waals surface area contributed by atoms with Crippen LogP contribution in [0.3, 0.4) is 0 Å². The highest BCUT2D eigenvalue weighted by atomic mass is 32.2. The summed E-state index contributed by atoms with van der Waals surface area (Å²) in [6.07, 6.45) is 6.30. The van der Waals surface area contributed by atoms with E-state index in [-0.39, 0.29) is 17.2 Å². The summed E-state index contributed by atoms with van der Waals surface area (Å²) in [7, 11) is -0.697. The highest BCUT2D eigenvalue weighted by Gasteiger charge is 2.30. The van der Waals surface area contributed by atoms with Gasteiger partial charge in [0, 0.05) is 30.4 Å². The molecule has 0 saturated carbocycles. The Labute approximate surface area is 259 Å². The molecule has 3 aromatic carbocycles. The fourth-order valence-electron chi connectivity index (χ4n) is 6.35. The van der Waals surface area contributed by atoms with E-state index in [2.05, 4.69) is 29.0 Å². The first-order valence-corrected chi connectivity index (χ1v) is 16.4. The number of aliphatic hydroxyl groups excluding tert-OH is 1. The van der Waals surface area contributed by atoms with Gasteiger partial charge in [0.2, 0.25) is 5.91 Å². The Hall–Kier alpha value is -4.08. The Bertz CT molecular complexity index is 1650. The second kappa shape index (κ2) is 13.7. The molecule has 9 heteroatoms. The third-order valence-corrected chi connectivity index (χ3v) is 9.86. The van der Waals surface area contributed by atoms with E-state index in [4.69, 9.17) is 9.47 Å². The number of carbonyl (C=O) groups excluding carboxylic acids is 1. The van der Waals surface area contributed by atoms with E-state index in [9.17, 15) is 18.3 Å². The van der Waals surface area contributed by atoms with Gasteiger partial charge in [-0.1, -0.05) is 49.4 Å². The van der Waals surface area contributed by atoms with Gasteiger partial charge >= 0.3 is 0 Å². The normalized spacial score (nSPS) is 14.5. The van der Waals surface area contributed by atoms with Crippen LogP contribution in [-0.4, -0.2) is 38.2 Å². The molecule has 0 bridgehead atoms. The van der Waals surface area contributed by atoms with Crippen molar-refractivity contribution in [3.63, 3.8) is 0 Å². The van der Waals surface area contributed by atoms with E-state index in [1.54, 1.807) is 32.4 Å². The molecule has 0 aliphatic heterocycles. The van der Waals surface area contributed by atoms with Gasteiger partial charge in [0.1, 0.15) is 11.5 Å². The van der Waals surface area contributed by atoms with Crippen molar-refractivity contribution < 1.29 is 27.8 Å². The van der Waals surface area contributed by atoms with Gasteiger partial charge in [-0.3, -0.25) is 4.79 Å². The van der Waals surface area contributed by atoms with Gasteiger partial charge in [-0.15, -0.1) is 0 Å². The van der Waals surface area contributed by atoms with Crippen molar-refractivity contribution in [2.45, 2.75) is 56.6 Å². The summed E-state index contributed by atoms with van der Waals surface area (Å²) in [6.45, 7) is 2.55. The molecule has 1 aliphatic rings. The molecular weight excluding hydrogens is 576 g/mol. The van der Waals surface area contributed by atoms with E-state index in [0.717, 1.165) is 36.8 Å². The van der Waals surface area contributed by atoms with Crippen LogP contribution in [0.15, 0.2) is 90.1 Å². The highest BCUT2D eigenvalue weighted by Crippen LogP contribution is 2.39. The molecule has 0 fully saturated rings. The minimum Gasteiger partial charge on any atom is -0.496 e. The molecule has 1 aromatic heterocycles. The smallest absolute Gasteiger partial charge is 0.264 e. The first-order valence-electron chi connectivity index (χ1n) is 15.0. The van der Waals surface area contributed by atoms with Crippen LogP contribution in [0, 0.1) is 11.8 Å². The standard InChI is InChI=1S/C35H40N2O6S/c1-4-31-32(42-2)20-28(21-33(31)43-3)35(39)29(18-25-16-26-10-8-9-11-27(26)17-25)23-37-15-14-24(22-37)19-34(38)36-44(40,41)30-12-6-5-7-13-30/h5-15,20-22,25,29,35,39H,4,16-19,23H2,1-3H3,(H,36,38)/t29-,35-/m1/s1. The highest BCUT2D eigenvalue weighted by molar-refractivity contribution is 7.90. The van der Waals surface area contributed by atoms with Gasteiger partial charge in [0.15, 0.2) is 0 Å². The van der Waals surface area contributed by atoms with Crippen LogP contribution in [0.25, 0.3) is 0 Å². The zero-order valence-electron chi connectivity index (χ0n) is 25.4. The molecule has 2 atom stereocenters. The van der Waals surface area contributed by atoms with Crippen molar-refractivity contribution >= 4 is 15.9 Å². The number of fused-ring (bicyclic) bond motifs is 1. The summed E-state index contributed by atoms with van der Waals surface area (Å²) in [5.41, 5.74) is 5.09. The van der Waals surface area contributed by atoms with Gasteiger partial charge in [0.25, 0.3) is 10.0 Å². The molecule has 4 aromatic rings. The molecule has 44 heavy (non-hydrogen) atoms. The summed E-state index contributed by atoms with van der Waals surface area (Å²) in [5.74, 6) is 1.00. The van der Waals surface area contributed by atoms with E-state index < -0.39 is 22.0 Å². The average Bonchev–Trinajstić information content (AvgIpc) is 3.65. The first-order chi connectivity index (χ1) is 21.2. The van der Waals surface area contributed by atoms with Gasteiger partial charge in [-0.05, 0) is 84.2 Å². The minimum atomic E-state index is -3.95. The molecule has 0 spiro atoms. The van der Waals surface area contributed by atoms with Gasteiger partial charge < -0.3 is 19.1 Å². The zero-order chi connectivity index (χ0) is 31.3. The number of benzene rings is 3. The number of carbonyl (C=O) groups is 1.